The number of rotatable bonds is 6. The predicted octanol–water partition coefficient (Wildman–Crippen LogP) is 2.64. The molecule has 3 rings (SSSR count). The number of aromatic amines is 1. The molecule has 0 aliphatic rings. The van der Waals surface area contributed by atoms with Crippen molar-refractivity contribution in [1.82, 2.24) is 10.3 Å². The van der Waals surface area contributed by atoms with Gasteiger partial charge in [-0.2, -0.15) is 0 Å². The number of H-pyrrole nitrogens is 1. The molecule has 1 unspecified atom stereocenters. The van der Waals surface area contributed by atoms with E-state index >= 15 is 0 Å². The van der Waals surface area contributed by atoms with Gasteiger partial charge in [-0.1, -0.05) is 18.2 Å². The Balaban J connectivity index is 1.76. The van der Waals surface area contributed by atoms with Crippen LogP contribution in [0.25, 0.3) is 10.9 Å². The third-order valence-corrected chi connectivity index (χ3v) is 4.36. The van der Waals surface area contributed by atoms with Gasteiger partial charge in [0.25, 0.3) is 5.91 Å². The number of nitrogens with one attached hydrogen (secondary N) is 3. The van der Waals surface area contributed by atoms with Crippen LogP contribution in [0.2, 0.25) is 0 Å². The number of carbonyl (C=O) groups excluding carboxylic acids is 3. The first-order valence-corrected chi connectivity index (χ1v) is 8.79. The molecule has 0 spiro atoms. The fourth-order valence-corrected chi connectivity index (χ4v) is 3.01. The fraction of sp³-hybridized carbons (Fsp3) is 0.190. The molecule has 0 saturated heterocycles. The minimum Gasteiger partial charge on any atom is -0.467 e. The molecule has 7 heteroatoms. The van der Waals surface area contributed by atoms with E-state index in [9.17, 15) is 14.4 Å². The van der Waals surface area contributed by atoms with E-state index in [0.717, 1.165) is 16.5 Å². The van der Waals surface area contributed by atoms with Crippen molar-refractivity contribution < 1.29 is 19.1 Å². The molecule has 7 nitrogen and oxygen atoms in total. The first kappa shape index (κ1) is 19.2. The molecular formula is C21H21N3O4. The van der Waals surface area contributed by atoms with Gasteiger partial charge in [0.2, 0.25) is 5.91 Å². The number of benzene rings is 2. The van der Waals surface area contributed by atoms with Gasteiger partial charge in [0.1, 0.15) is 6.04 Å². The average molecular weight is 379 g/mol. The zero-order chi connectivity index (χ0) is 20.1. The lowest BCUT2D eigenvalue weighted by molar-refractivity contribution is -0.142. The Bertz CT molecular complexity index is 1010. The summed E-state index contributed by atoms with van der Waals surface area (Å²) in [4.78, 5) is 39.1. The summed E-state index contributed by atoms with van der Waals surface area (Å²) in [5.41, 5.74) is 2.84. The molecule has 144 valence electrons. The van der Waals surface area contributed by atoms with Crippen molar-refractivity contribution in [2.24, 2.45) is 0 Å². The van der Waals surface area contributed by atoms with Crippen molar-refractivity contribution in [3.63, 3.8) is 0 Å². The Hall–Kier alpha value is -3.61. The minimum absolute atomic E-state index is 0.193. The molecule has 3 aromatic rings. The number of esters is 1. The Morgan fingerprint density at radius 2 is 1.79 bits per heavy atom. The highest BCUT2D eigenvalue weighted by Crippen LogP contribution is 2.19. The van der Waals surface area contributed by atoms with Gasteiger partial charge in [0, 0.05) is 41.7 Å². The number of fused-ring (bicyclic) bond motifs is 1. The summed E-state index contributed by atoms with van der Waals surface area (Å²) in [7, 11) is 1.29. The third kappa shape index (κ3) is 4.37. The van der Waals surface area contributed by atoms with Crippen LogP contribution in [0.4, 0.5) is 5.69 Å². The van der Waals surface area contributed by atoms with Crippen molar-refractivity contribution in [2.75, 3.05) is 12.4 Å². The van der Waals surface area contributed by atoms with Gasteiger partial charge in [-0.15, -0.1) is 0 Å². The number of ether oxygens (including phenoxy) is 1. The van der Waals surface area contributed by atoms with Crippen molar-refractivity contribution in [3.05, 3.63) is 65.9 Å². The molecule has 1 heterocycles. The molecule has 0 radical (unpaired) electrons. The van der Waals surface area contributed by atoms with Gasteiger partial charge in [-0.05, 0) is 35.9 Å². The number of para-hydroxylation sites is 1. The maximum Gasteiger partial charge on any atom is 0.328 e. The Kier molecular flexibility index (Phi) is 5.74. The fourth-order valence-electron chi connectivity index (χ4n) is 3.01. The number of hydrogen-bond donors (Lipinski definition) is 3. The van der Waals surface area contributed by atoms with E-state index in [0.29, 0.717) is 17.7 Å². The normalized spacial score (nSPS) is 11.6. The molecule has 1 aromatic heterocycles. The van der Waals surface area contributed by atoms with E-state index < -0.39 is 17.9 Å². The second-order valence-corrected chi connectivity index (χ2v) is 6.37. The first-order valence-electron chi connectivity index (χ1n) is 8.79. The van der Waals surface area contributed by atoms with E-state index in [4.69, 9.17) is 4.74 Å². The third-order valence-electron chi connectivity index (χ3n) is 4.36. The molecule has 28 heavy (non-hydrogen) atoms. The molecule has 0 bridgehead atoms. The Labute approximate surface area is 162 Å². The lowest BCUT2D eigenvalue weighted by Gasteiger charge is -2.16. The van der Waals surface area contributed by atoms with Crippen LogP contribution in [0, 0.1) is 0 Å². The topological polar surface area (TPSA) is 100 Å². The van der Waals surface area contributed by atoms with Crippen molar-refractivity contribution in [2.45, 2.75) is 19.4 Å². The second-order valence-electron chi connectivity index (χ2n) is 6.37. The largest absolute Gasteiger partial charge is 0.467 e. The molecule has 2 amide bonds. The minimum atomic E-state index is -0.827. The summed E-state index contributed by atoms with van der Waals surface area (Å²) >= 11 is 0. The van der Waals surface area contributed by atoms with E-state index in [-0.39, 0.29) is 5.91 Å². The monoisotopic (exact) mass is 379 g/mol. The van der Waals surface area contributed by atoms with Crippen LogP contribution in [-0.2, 0) is 20.7 Å². The summed E-state index contributed by atoms with van der Waals surface area (Å²) in [5.74, 6) is -1.11. The van der Waals surface area contributed by atoms with Gasteiger partial charge in [-0.25, -0.2) is 4.79 Å². The zero-order valence-electron chi connectivity index (χ0n) is 15.6. The SMILES string of the molecule is COC(=O)C(Cc1c[nH]c2ccccc12)NC(=O)c1ccc(NC(C)=O)cc1. The summed E-state index contributed by atoms with van der Waals surface area (Å²) < 4.78 is 4.86. The second kappa shape index (κ2) is 8.39. The number of carbonyl (C=O) groups is 3. The van der Waals surface area contributed by atoms with Crippen LogP contribution >= 0.6 is 0 Å². The van der Waals surface area contributed by atoms with Crippen LogP contribution in [0.15, 0.2) is 54.7 Å². The van der Waals surface area contributed by atoms with Crippen LogP contribution < -0.4 is 10.6 Å². The van der Waals surface area contributed by atoms with Crippen LogP contribution in [0.5, 0.6) is 0 Å². The standard InChI is InChI=1S/C21H21N3O4/c1-13(25)23-16-9-7-14(8-10-16)20(26)24-19(21(27)28-2)11-15-12-22-18-6-4-3-5-17(15)18/h3-10,12,19,22H,11H2,1-2H3,(H,23,25)(H,24,26). The average Bonchev–Trinajstić information content (AvgIpc) is 3.10. The maximum atomic E-state index is 12.6. The molecular weight excluding hydrogens is 358 g/mol. The number of anilines is 1. The highest BCUT2D eigenvalue weighted by Gasteiger charge is 2.23. The smallest absolute Gasteiger partial charge is 0.328 e. The van der Waals surface area contributed by atoms with Crippen LogP contribution in [-0.4, -0.2) is 35.9 Å². The van der Waals surface area contributed by atoms with E-state index in [2.05, 4.69) is 15.6 Å². The number of hydrogen-bond acceptors (Lipinski definition) is 4. The Morgan fingerprint density at radius 3 is 2.46 bits per heavy atom. The number of amides is 2. The van der Waals surface area contributed by atoms with Crippen molar-refractivity contribution in [3.8, 4) is 0 Å². The molecule has 0 aliphatic carbocycles. The molecule has 0 aliphatic heterocycles. The van der Waals surface area contributed by atoms with Gasteiger partial charge in [0.05, 0.1) is 7.11 Å². The van der Waals surface area contributed by atoms with Gasteiger partial charge >= 0.3 is 5.97 Å². The molecule has 3 N–H and O–H groups in total. The summed E-state index contributed by atoms with van der Waals surface area (Å²) in [6.07, 6.45) is 2.13. The molecule has 1 atom stereocenters. The summed E-state index contributed by atoms with van der Waals surface area (Å²) in [6, 6.07) is 13.3. The molecule has 0 saturated carbocycles. The summed E-state index contributed by atoms with van der Waals surface area (Å²) in [6.45, 7) is 1.41. The lowest BCUT2D eigenvalue weighted by Crippen LogP contribution is -2.43. The molecule has 2 aromatic carbocycles. The van der Waals surface area contributed by atoms with E-state index in [1.165, 1.54) is 14.0 Å². The molecule has 0 fully saturated rings. The quantitative estimate of drug-likeness (QED) is 0.573. The highest BCUT2D eigenvalue weighted by molar-refractivity contribution is 5.98. The summed E-state index contributed by atoms with van der Waals surface area (Å²) in [5, 5.41) is 6.36. The zero-order valence-corrected chi connectivity index (χ0v) is 15.6. The van der Waals surface area contributed by atoms with E-state index in [1.807, 2.05) is 30.5 Å². The van der Waals surface area contributed by atoms with Crippen molar-refractivity contribution in [1.29, 1.82) is 0 Å². The highest BCUT2D eigenvalue weighted by atomic mass is 16.5. The maximum absolute atomic E-state index is 12.6. The van der Waals surface area contributed by atoms with Gasteiger partial charge in [-0.3, -0.25) is 9.59 Å². The van der Waals surface area contributed by atoms with E-state index in [1.54, 1.807) is 24.3 Å². The first-order chi connectivity index (χ1) is 13.5. The van der Waals surface area contributed by atoms with Gasteiger partial charge < -0.3 is 20.4 Å². The number of aromatic nitrogens is 1. The van der Waals surface area contributed by atoms with Crippen LogP contribution in [0.3, 0.4) is 0 Å². The Morgan fingerprint density at radius 1 is 1.07 bits per heavy atom. The van der Waals surface area contributed by atoms with Gasteiger partial charge in [0.15, 0.2) is 0 Å². The van der Waals surface area contributed by atoms with Crippen molar-refractivity contribution >= 4 is 34.4 Å². The van der Waals surface area contributed by atoms with Crippen LogP contribution in [0.1, 0.15) is 22.8 Å². The lowest BCUT2D eigenvalue weighted by atomic mass is 10.0. The number of methoxy groups -OCH3 is 1. The predicted molar refractivity (Wildman–Crippen MR) is 106 cm³/mol.